The number of rotatable bonds is 4. The van der Waals surface area contributed by atoms with Crippen LogP contribution in [0.5, 0.6) is 0 Å². The zero-order valence-electron chi connectivity index (χ0n) is 12.0. The molecule has 2 aromatic carbocycles. The number of carbonyl (C=O) groups is 1. The maximum absolute atomic E-state index is 14.0. The first-order chi connectivity index (χ1) is 10.0. The summed E-state index contributed by atoms with van der Waals surface area (Å²) in [5, 5.41) is 2.89. The van der Waals surface area contributed by atoms with Crippen LogP contribution in [0.15, 0.2) is 46.9 Å². The van der Waals surface area contributed by atoms with E-state index in [1.165, 1.54) is 6.07 Å². The Bertz CT molecular complexity index is 640. The lowest BCUT2D eigenvalue weighted by atomic mass is 10.0. The number of benzene rings is 2. The van der Waals surface area contributed by atoms with Gasteiger partial charge in [0, 0.05) is 0 Å². The van der Waals surface area contributed by atoms with E-state index in [1.54, 1.807) is 12.1 Å². The van der Waals surface area contributed by atoms with E-state index in [1.807, 2.05) is 38.1 Å². The molecule has 0 aromatic heterocycles. The van der Waals surface area contributed by atoms with Crippen molar-refractivity contribution in [3.05, 3.63) is 69.4 Å². The second kappa shape index (κ2) is 6.85. The fourth-order valence-electron chi connectivity index (χ4n) is 2.14. The van der Waals surface area contributed by atoms with Crippen LogP contribution in [0.4, 0.5) is 4.39 Å². The van der Waals surface area contributed by atoms with E-state index in [0.717, 1.165) is 17.5 Å². The molecule has 0 radical (unpaired) electrons. The Labute approximate surface area is 132 Å². The third-order valence-electron chi connectivity index (χ3n) is 3.39. The summed E-state index contributed by atoms with van der Waals surface area (Å²) in [7, 11) is 0. The molecule has 21 heavy (non-hydrogen) atoms. The number of hydrogen-bond donors (Lipinski definition) is 1. The van der Waals surface area contributed by atoms with E-state index in [-0.39, 0.29) is 11.6 Å². The molecule has 0 heterocycles. The summed E-state index contributed by atoms with van der Waals surface area (Å²) in [4.78, 5) is 12.3. The first-order valence-electron chi connectivity index (χ1n) is 6.84. The Hall–Kier alpha value is -1.68. The lowest BCUT2D eigenvalue weighted by Gasteiger charge is -2.18. The van der Waals surface area contributed by atoms with Crippen molar-refractivity contribution in [3.63, 3.8) is 0 Å². The van der Waals surface area contributed by atoms with Crippen molar-refractivity contribution in [2.75, 3.05) is 0 Å². The standard InChI is InChI=1S/C17H17BrFNO/c1-3-15(12-9-7-11(2)8-10-12)20-17(21)13-5-4-6-14(18)16(13)19/h4-10,15H,3H2,1-2H3,(H,20,21). The minimum Gasteiger partial charge on any atom is -0.345 e. The topological polar surface area (TPSA) is 29.1 Å². The minimum atomic E-state index is -0.534. The van der Waals surface area contributed by atoms with E-state index in [2.05, 4.69) is 21.2 Å². The zero-order valence-corrected chi connectivity index (χ0v) is 13.6. The highest BCUT2D eigenvalue weighted by Crippen LogP contribution is 2.21. The van der Waals surface area contributed by atoms with Gasteiger partial charge in [-0.05, 0) is 47.0 Å². The summed E-state index contributed by atoms with van der Waals surface area (Å²) in [6, 6.07) is 12.6. The molecule has 0 aliphatic rings. The number of amides is 1. The number of aryl methyl sites for hydroxylation is 1. The Balaban J connectivity index is 2.20. The molecule has 2 nitrogen and oxygen atoms in total. The van der Waals surface area contributed by atoms with Crippen LogP contribution < -0.4 is 5.32 Å². The molecule has 1 atom stereocenters. The van der Waals surface area contributed by atoms with Crippen molar-refractivity contribution in [2.24, 2.45) is 0 Å². The average Bonchev–Trinajstić information content (AvgIpc) is 2.48. The lowest BCUT2D eigenvalue weighted by Crippen LogP contribution is -2.29. The molecule has 1 unspecified atom stereocenters. The van der Waals surface area contributed by atoms with Gasteiger partial charge in [-0.2, -0.15) is 0 Å². The molecule has 2 aromatic rings. The molecule has 0 bridgehead atoms. The molecule has 0 saturated carbocycles. The van der Waals surface area contributed by atoms with Gasteiger partial charge in [0.15, 0.2) is 0 Å². The van der Waals surface area contributed by atoms with Gasteiger partial charge in [0.1, 0.15) is 5.82 Å². The molecule has 1 amide bonds. The summed E-state index contributed by atoms with van der Waals surface area (Å²) in [6.07, 6.45) is 0.740. The SMILES string of the molecule is CCC(NC(=O)c1cccc(Br)c1F)c1ccc(C)cc1. The third kappa shape index (κ3) is 3.70. The molecular formula is C17H17BrFNO. The van der Waals surface area contributed by atoms with Gasteiger partial charge in [-0.25, -0.2) is 4.39 Å². The second-order valence-electron chi connectivity index (χ2n) is 4.95. The number of carbonyl (C=O) groups excluding carboxylic acids is 1. The van der Waals surface area contributed by atoms with Crippen LogP contribution in [0.3, 0.4) is 0 Å². The van der Waals surface area contributed by atoms with Crippen molar-refractivity contribution in [1.29, 1.82) is 0 Å². The maximum Gasteiger partial charge on any atom is 0.254 e. The largest absolute Gasteiger partial charge is 0.345 e. The molecule has 0 aliphatic carbocycles. The van der Waals surface area contributed by atoms with E-state index in [0.29, 0.717) is 4.47 Å². The highest BCUT2D eigenvalue weighted by molar-refractivity contribution is 9.10. The van der Waals surface area contributed by atoms with Gasteiger partial charge in [-0.1, -0.05) is 42.8 Å². The monoisotopic (exact) mass is 349 g/mol. The molecule has 2 rings (SSSR count). The van der Waals surface area contributed by atoms with Crippen molar-refractivity contribution in [2.45, 2.75) is 26.3 Å². The predicted octanol–water partition coefficient (Wildman–Crippen LogP) is 4.78. The van der Waals surface area contributed by atoms with Gasteiger partial charge < -0.3 is 5.32 Å². The van der Waals surface area contributed by atoms with Crippen LogP contribution in [-0.4, -0.2) is 5.91 Å². The number of nitrogens with one attached hydrogen (secondary N) is 1. The Morgan fingerprint density at radius 1 is 1.24 bits per heavy atom. The summed E-state index contributed by atoms with van der Waals surface area (Å²) < 4.78 is 14.2. The average molecular weight is 350 g/mol. The van der Waals surface area contributed by atoms with E-state index < -0.39 is 11.7 Å². The second-order valence-corrected chi connectivity index (χ2v) is 5.80. The van der Waals surface area contributed by atoms with Crippen molar-refractivity contribution < 1.29 is 9.18 Å². The van der Waals surface area contributed by atoms with Crippen LogP contribution in [0.2, 0.25) is 0 Å². The first-order valence-corrected chi connectivity index (χ1v) is 7.63. The Morgan fingerprint density at radius 3 is 2.52 bits per heavy atom. The van der Waals surface area contributed by atoms with Gasteiger partial charge in [0.25, 0.3) is 5.91 Å². The molecule has 1 N–H and O–H groups in total. The van der Waals surface area contributed by atoms with Crippen molar-refractivity contribution >= 4 is 21.8 Å². The van der Waals surface area contributed by atoms with Gasteiger partial charge in [0.05, 0.1) is 16.1 Å². The van der Waals surface area contributed by atoms with Gasteiger partial charge in [0.2, 0.25) is 0 Å². The summed E-state index contributed by atoms with van der Waals surface area (Å²) in [6.45, 7) is 4.00. The molecule has 4 heteroatoms. The third-order valence-corrected chi connectivity index (χ3v) is 4.00. The van der Waals surface area contributed by atoms with E-state index >= 15 is 0 Å². The van der Waals surface area contributed by atoms with Crippen LogP contribution in [0.25, 0.3) is 0 Å². The lowest BCUT2D eigenvalue weighted by molar-refractivity contribution is 0.0931. The molecular weight excluding hydrogens is 333 g/mol. The molecule has 0 aliphatic heterocycles. The highest BCUT2D eigenvalue weighted by Gasteiger charge is 2.18. The zero-order chi connectivity index (χ0) is 15.4. The van der Waals surface area contributed by atoms with Crippen LogP contribution in [-0.2, 0) is 0 Å². The number of halogens is 2. The smallest absolute Gasteiger partial charge is 0.254 e. The predicted molar refractivity (Wildman–Crippen MR) is 85.8 cm³/mol. The molecule has 0 fully saturated rings. The molecule has 0 spiro atoms. The van der Waals surface area contributed by atoms with Gasteiger partial charge in [-0.15, -0.1) is 0 Å². The number of hydrogen-bond acceptors (Lipinski definition) is 1. The van der Waals surface area contributed by atoms with Crippen LogP contribution in [0.1, 0.15) is 40.9 Å². The fraction of sp³-hybridized carbons (Fsp3) is 0.235. The van der Waals surface area contributed by atoms with E-state index in [4.69, 9.17) is 0 Å². The van der Waals surface area contributed by atoms with Crippen LogP contribution >= 0.6 is 15.9 Å². The van der Waals surface area contributed by atoms with Crippen LogP contribution in [0, 0.1) is 12.7 Å². The van der Waals surface area contributed by atoms with Gasteiger partial charge in [-0.3, -0.25) is 4.79 Å². The fourth-order valence-corrected chi connectivity index (χ4v) is 2.50. The van der Waals surface area contributed by atoms with Crippen molar-refractivity contribution in [1.82, 2.24) is 5.32 Å². The van der Waals surface area contributed by atoms with Gasteiger partial charge >= 0.3 is 0 Å². The molecule has 110 valence electrons. The minimum absolute atomic E-state index is 0.0509. The highest BCUT2D eigenvalue weighted by atomic mass is 79.9. The summed E-state index contributed by atoms with van der Waals surface area (Å²) in [5.74, 6) is -0.935. The quantitative estimate of drug-likeness (QED) is 0.845. The maximum atomic E-state index is 14.0. The Morgan fingerprint density at radius 2 is 1.90 bits per heavy atom. The molecule has 0 saturated heterocycles. The first kappa shape index (κ1) is 15.7. The van der Waals surface area contributed by atoms with E-state index in [9.17, 15) is 9.18 Å². The Kier molecular flexibility index (Phi) is 5.12. The summed E-state index contributed by atoms with van der Waals surface area (Å²) in [5.41, 5.74) is 2.24. The summed E-state index contributed by atoms with van der Waals surface area (Å²) >= 11 is 3.10. The van der Waals surface area contributed by atoms with Crippen molar-refractivity contribution in [3.8, 4) is 0 Å². The normalized spacial score (nSPS) is 12.0.